The van der Waals surface area contributed by atoms with Gasteiger partial charge in [-0.05, 0) is 37.1 Å². The van der Waals surface area contributed by atoms with Gasteiger partial charge in [0, 0.05) is 17.6 Å². The SMILES string of the molecule is CCC(N[C@@H](C)c1ccc(F)cc1)c1ccccc1O. The average molecular weight is 273 g/mol. The van der Waals surface area contributed by atoms with Gasteiger partial charge >= 0.3 is 0 Å². The molecule has 3 heteroatoms. The minimum absolute atomic E-state index is 0.0660. The summed E-state index contributed by atoms with van der Waals surface area (Å²) in [7, 11) is 0. The van der Waals surface area contributed by atoms with Crippen LogP contribution in [0.4, 0.5) is 4.39 Å². The molecule has 0 aromatic heterocycles. The van der Waals surface area contributed by atoms with Crippen molar-refractivity contribution in [3.63, 3.8) is 0 Å². The fourth-order valence-electron chi connectivity index (χ4n) is 2.36. The smallest absolute Gasteiger partial charge is 0.123 e. The molecule has 0 aliphatic heterocycles. The summed E-state index contributed by atoms with van der Waals surface area (Å²) in [6, 6.07) is 14.0. The molecule has 106 valence electrons. The maximum atomic E-state index is 12.9. The predicted octanol–water partition coefficient (Wildman–Crippen LogP) is 4.33. The van der Waals surface area contributed by atoms with Crippen LogP contribution in [0.2, 0.25) is 0 Å². The second-order valence-electron chi connectivity index (χ2n) is 4.96. The summed E-state index contributed by atoms with van der Waals surface area (Å²) >= 11 is 0. The van der Waals surface area contributed by atoms with Crippen LogP contribution in [0.5, 0.6) is 5.75 Å². The van der Waals surface area contributed by atoms with E-state index >= 15 is 0 Å². The van der Waals surface area contributed by atoms with E-state index in [0.29, 0.717) is 5.75 Å². The van der Waals surface area contributed by atoms with Crippen molar-refractivity contribution in [1.29, 1.82) is 0 Å². The summed E-state index contributed by atoms with van der Waals surface area (Å²) in [6.07, 6.45) is 0.864. The van der Waals surface area contributed by atoms with Crippen molar-refractivity contribution in [2.45, 2.75) is 32.4 Å². The van der Waals surface area contributed by atoms with E-state index in [-0.39, 0.29) is 17.9 Å². The lowest BCUT2D eigenvalue weighted by Gasteiger charge is -2.23. The number of aromatic hydroxyl groups is 1. The van der Waals surface area contributed by atoms with Crippen LogP contribution in [0.25, 0.3) is 0 Å². The molecule has 0 saturated heterocycles. The van der Waals surface area contributed by atoms with Gasteiger partial charge in [-0.3, -0.25) is 0 Å². The summed E-state index contributed by atoms with van der Waals surface area (Å²) in [6.45, 7) is 4.11. The minimum atomic E-state index is -0.228. The number of para-hydroxylation sites is 1. The fourth-order valence-corrected chi connectivity index (χ4v) is 2.36. The molecule has 0 bridgehead atoms. The van der Waals surface area contributed by atoms with E-state index in [4.69, 9.17) is 0 Å². The third kappa shape index (κ3) is 3.36. The molecule has 0 heterocycles. The molecule has 2 nitrogen and oxygen atoms in total. The van der Waals surface area contributed by atoms with Crippen molar-refractivity contribution >= 4 is 0 Å². The van der Waals surface area contributed by atoms with Crippen molar-refractivity contribution in [3.8, 4) is 5.75 Å². The lowest BCUT2D eigenvalue weighted by molar-refractivity contribution is 0.419. The zero-order valence-corrected chi connectivity index (χ0v) is 11.8. The van der Waals surface area contributed by atoms with Crippen molar-refractivity contribution in [3.05, 3.63) is 65.5 Å². The molecule has 0 spiro atoms. The first-order valence-corrected chi connectivity index (χ1v) is 6.91. The largest absolute Gasteiger partial charge is 0.508 e. The molecular formula is C17H20FNO. The van der Waals surface area contributed by atoms with Gasteiger partial charge in [0.25, 0.3) is 0 Å². The number of phenols is 1. The lowest BCUT2D eigenvalue weighted by atomic mass is 10.0. The normalized spacial score (nSPS) is 13.9. The zero-order chi connectivity index (χ0) is 14.5. The Labute approximate surface area is 119 Å². The third-order valence-electron chi connectivity index (χ3n) is 3.54. The van der Waals surface area contributed by atoms with E-state index in [1.54, 1.807) is 18.2 Å². The average Bonchev–Trinajstić information content (AvgIpc) is 2.46. The quantitative estimate of drug-likeness (QED) is 0.849. The first-order chi connectivity index (χ1) is 9.61. The first kappa shape index (κ1) is 14.5. The summed E-state index contributed by atoms with van der Waals surface area (Å²) in [5.74, 6) is 0.0758. The standard InChI is InChI=1S/C17H20FNO/c1-3-16(15-6-4-5-7-17(15)20)19-12(2)13-8-10-14(18)11-9-13/h4-12,16,19-20H,3H2,1-2H3/t12-,16?/m0/s1. The highest BCUT2D eigenvalue weighted by Crippen LogP contribution is 2.28. The molecule has 0 fully saturated rings. The molecule has 2 atom stereocenters. The second kappa shape index (κ2) is 6.53. The Hall–Kier alpha value is -1.87. The van der Waals surface area contributed by atoms with Crippen molar-refractivity contribution in [2.24, 2.45) is 0 Å². The molecule has 2 aromatic rings. The Balaban J connectivity index is 2.14. The number of nitrogens with one attached hydrogen (secondary N) is 1. The molecule has 0 aliphatic rings. The van der Waals surface area contributed by atoms with Crippen LogP contribution in [-0.2, 0) is 0 Å². The Morgan fingerprint density at radius 1 is 1.10 bits per heavy atom. The van der Waals surface area contributed by atoms with Crippen LogP contribution in [0.15, 0.2) is 48.5 Å². The first-order valence-electron chi connectivity index (χ1n) is 6.91. The van der Waals surface area contributed by atoms with Gasteiger partial charge in [0.2, 0.25) is 0 Å². The van der Waals surface area contributed by atoms with Crippen LogP contribution in [0, 0.1) is 5.82 Å². The maximum absolute atomic E-state index is 12.9. The van der Waals surface area contributed by atoms with E-state index in [2.05, 4.69) is 12.2 Å². The molecule has 2 rings (SSSR count). The topological polar surface area (TPSA) is 32.3 Å². The fraction of sp³-hybridized carbons (Fsp3) is 0.294. The van der Waals surface area contributed by atoms with Crippen molar-refractivity contribution in [1.82, 2.24) is 5.32 Å². The Bertz CT molecular complexity index is 553. The van der Waals surface area contributed by atoms with Gasteiger partial charge in [-0.25, -0.2) is 4.39 Å². The molecule has 0 amide bonds. The van der Waals surface area contributed by atoms with Gasteiger partial charge in [-0.1, -0.05) is 37.3 Å². The third-order valence-corrected chi connectivity index (χ3v) is 3.54. The van der Waals surface area contributed by atoms with E-state index in [1.807, 2.05) is 25.1 Å². The summed E-state index contributed by atoms with van der Waals surface area (Å²) < 4.78 is 12.9. The number of benzene rings is 2. The van der Waals surface area contributed by atoms with Crippen LogP contribution in [0.3, 0.4) is 0 Å². The van der Waals surface area contributed by atoms with Gasteiger partial charge < -0.3 is 10.4 Å². The van der Waals surface area contributed by atoms with Crippen molar-refractivity contribution in [2.75, 3.05) is 0 Å². The molecule has 1 unspecified atom stereocenters. The zero-order valence-electron chi connectivity index (χ0n) is 11.8. The number of hydrogen-bond donors (Lipinski definition) is 2. The predicted molar refractivity (Wildman–Crippen MR) is 79.1 cm³/mol. The molecular weight excluding hydrogens is 253 g/mol. The highest BCUT2D eigenvalue weighted by Gasteiger charge is 2.16. The van der Waals surface area contributed by atoms with Crippen LogP contribution < -0.4 is 5.32 Å². The van der Waals surface area contributed by atoms with Gasteiger partial charge in [-0.2, -0.15) is 0 Å². The molecule has 2 N–H and O–H groups in total. The van der Waals surface area contributed by atoms with Gasteiger partial charge in [0.1, 0.15) is 11.6 Å². The number of hydrogen-bond acceptors (Lipinski definition) is 2. The van der Waals surface area contributed by atoms with E-state index in [1.165, 1.54) is 12.1 Å². The number of phenolic OH excluding ortho intramolecular Hbond substituents is 1. The van der Waals surface area contributed by atoms with Gasteiger partial charge in [0.15, 0.2) is 0 Å². The van der Waals surface area contributed by atoms with Crippen molar-refractivity contribution < 1.29 is 9.50 Å². The van der Waals surface area contributed by atoms with Crippen LogP contribution in [0.1, 0.15) is 43.5 Å². The van der Waals surface area contributed by atoms with E-state index in [0.717, 1.165) is 17.5 Å². The Kier molecular flexibility index (Phi) is 4.74. The monoisotopic (exact) mass is 273 g/mol. The Morgan fingerprint density at radius 2 is 1.75 bits per heavy atom. The highest BCUT2D eigenvalue weighted by molar-refractivity contribution is 5.34. The lowest BCUT2D eigenvalue weighted by Crippen LogP contribution is -2.24. The van der Waals surface area contributed by atoms with Crippen LogP contribution >= 0.6 is 0 Å². The van der Waals surface area contributed by atoms with Gasteiger partial charge in [0.05, 0.1) is 0 Å². The summed E-state index contributed by atoms with van der Waals surface area (Å²) in [4.78, 5) is 0. The molecule has 0 saturated carbocycles. The highest BCUT2D eigenvalue weighted by atomic mass is 19.1. The molecule has 20 heavy (non-hydrogen) atoms. The second-order valence-corrected chi connectivity index (χ2v) is 4.96. The Morgan fingerprint density at radius 3 is 2.35 bits per heavy atom. The molecule has 2 aromatic carbocycles. The molecule has 0 aliphatic carbocycles. The van der Waals surface area contributed by atoms with E-state index < -0.39 is 0 Å². The van der Waals surface area contributed by atoms with Gasteiger partial charge in [-0.15, -0.1) is 0 Å². The van der Waals surface area contributed by atoms with Crippen LogP contribution in [-0.4, -0.2) is 5.11 Å². The number of rotatable bonds is 5. The van der Waals surface area contributed by atoms with E-state index in [9.17, 15) is 9.50 Å². The minimum Gasteiger partial charge on any atom is -0.508 e. The summed E-state index contributed by atoms with van der Waals surface area (Å²) in [5, 5.41) is 13.4. The summed E-state index contributed by atoms with van der Waals surface area (Å²) in [5.41, 5.74) is 1.92. The number of halogens is 1. The molecule has 0 radical (unpaired) electrons. The maximum Gasteiger partial charge on any atom is 0.123 e.